The van der Waals surface area contributed by atoms with Crippen molar-refractivity contribution in [3.05, 3.63) is 6.92 Å². The Morgan fingerprint density at radius 3 is 2.22 bits per heavy atom. The Hall–Kier alpha value is 0.383. The number of carbonyl (C=O) groups is 1. The first-order valence-corrected chi connectivity index (χ1v) is 2.26. The Morgan fingerprint density at radius 1 is 1.67 bits per heavy atom. The minimum atomic E-state index is -0.234. The van der Waals surface area contributed by atoms with Crippen molar-refractivity contribution in [3.8, 4) is 0 Å². The summed E-state index contributed by atoms with van der Waals surface area (Å²) in [5, 5.41) is 0. The molecule has 0 heterocycles. The van der Waals surface area contributed by atoms with Crippen LogP contribution in [0, 0.1) is 6.92 Å². The molecule has 0 aromatic rings. The van der Waals surface area contributed by atoms with Crippen LogP contribution in [-0.2, 0) is 29.0 Å². The number of rotatable bonds is 2. The summed E-state index contributed by atoms with van der Waals surface area (Å²) in [5.74, 6) is -0.234. The van der Waals surface area contributed by atoms with E-state index in [1.54, 1.807) is 6.92 Å². The summed E-state index contributed by atoms with van der Waals surface area (Å²) < 4.78 is 4.49. The fourth-order valence-corrected chi connectivity index (χ4v) is 0.233. The molecule has 0 N–H and O–H groups in total. The molecular weight excluding hydrogens is 193 g/mol. The van der Waals surface area contributed by atoms with Gasteiger partial charge in [-0.15, -0.1) is 0 Å². The monoisotopic (exact) mass is 200 g/mol. The molecule has 2 nitrogen and oxygen atoms in total. The summed E-state index contributed by atoms with van der Waals surface area (Å²) >= 11 is 0. The van der Waals surface area contributed by atoms with Crippen LogP contribution in [0.3, 0.4) is 0 Å². The van der Waals surface area contributed by atoms with Gasteiger partial charge in [0.15, 0.2) is 0 Å². The second-order valence-corrected chi connectivity index (χ2v) is 1.06. The minimum Gasteiger partial charge on any atom is -1.00 e. The first-order valence-electron chi connectivity index (χ1n) is 2.26. The van der Waals surface area contributed by atoms with Crippen LogP contribution in [0.1, 0.15) is 13.3 Å². The largest absolute Gasteiger partial charge is 1.00 e. The van der Waals surface area contributed by atoms with Crippen LogP contribution >= 0.6 is 0 Å². The van der Waals surface area contributed by atoms with Crippen LogP contribution in [-0.4, -0.2) is 12.6 Å². The van der Waals surface area contributed by atoms with Crippen molar-refractivity contribution in [3.63, 3.8) is 0 Å². The molecule has 0 saturated heterocycles. The van der Waals surface area contributed by atoms with Crippen molar-refractivity contribution in [1.29, 1.82) is 0 Å². The number of ether oxygens (including phenoxy) is 1. The molecule has 0 bridgehead atoms. The molecule has 0 fully saturated rings. The van der Waals surface area contributed by atoms with Gasteiger partial charge in [-0.25, -0.2) is 0 Å². The predicted molar refractivity (Wildman–Crippen MR) is 26.6 cm³/mol. The zero-order valence-electron chi connectivity index (χ0n) is 5.52. The van der Waals surface area contributed by atoms with Crippen LogP contribution < -0.4 is 12.4 Å². The average Bonchev–Trinajstić information content (AvgIpc) is 1.68. The molecule has 9 heavy (non-hydrogen) atoms. The van der Waals surface area contributed by atoms with Crippen LogP contribution in [0.25, 0.3) is 0 Å². The van der Waals surface area contributed by atoms with Gasteiger partial charge in [0.05, 0.1) is 6.61 Å². The maximum Gasteiger partial charge on any atom is 0.305 e. The van der Waals surface area contributed by atoms with Gasteiger partial charge in [0.2, 0.25) is 0 Å². The van der Waals surface area contributed by atoms with Crippen LogP contribution in [0.15, 0.2) is 0 Å². The molecule has 0 saturated carbocycles. The SMILES string of the molecule is [CH2]CC(=O)OCC.[Cl-].[Zn]. The molecule has 51 valence electrons. The second-order valence-electron chi connectivity index (χ2n) is 1.06. The van der Waals surface area contributed by atoms with Gasteiger partial charge < -0.3 is 17.1 Å². The van der Waals surface area contributed by atoms with E-state index in [1.165, 1.54) is 0 Å². The molecule has 0 atom stereocenters. The van der Waals surface area contributed by atoms with E-state index >= 15 is 0 Å². The van der Waals surface area contributed by atoms with E-state index in [2.05, 4.69) is 11.7 Å². The molecular formula is C5H9ClO2Zn-. The van der Waals surface area contributed by atoms with Gasteiger partial charge in [-0.1, -0.05) is 0 Å². The molecule has 1 radical (unpaired) electrons. The van der Waals surface area contributed by atoms with E-state index in [9.17, 15) is 4.79 Å². The van der Waals surface area contributed by atoms with Crippen molar-refractivity contribution in [1.82, 2.24) is 0 Å². The molecule has 0 unspecified atom stereocenters. The van der Waals surface area contributed by atoms with Gasteiger partial charge >= 0.3 is 5.97 Å². The quantitative estimate of drug-likeness (QED) is 0.374. The van der Waals surface area contributed by atoms with Gasteiger partial charge in [-0.2, -0.15) is 0 Å². The zero-order chi connectivity index (χ0) is 5.70. The number of hydrogen-bond donors (Lipinski definition) is 0. The maximum absolute atomic E-state index is 10.1. The van der Waals surface area contributed by atoms with Gasteiger partial charge in [0, 0.05) is 25.9 Å². The smallest absolute Gasteiger partial charge is 0.305 e. The summed E-state index contributed by atoms with van der Waals surface area (Å²) in [4.78, 5) is 10.1. The summed E-state index contributed by atoms with van der Waals surface area (Å²) in [6.07, 6.45) is 0.230. The van der Waals surface area contributed by atoms with Gasteiger partial charge in [-0.3, -0.25) is 4.79 Å². The maximum atomic E-state index is 10.1. The van der Waals surface area contributed by atoms with Crippen molar-refractivity contribution in [2.24, 2.45) is 0 Å². The molecule has 0 aliphatic heterocycles. The number of esters is 1. The molecule has 0 rings (SSSR count). The van der Waals surface area contributed by atoms with E-state index in [0.29, 0.717) is 6.61 Å². The van der Waals surface area contributed by atoms with Crippen molar-refractivity contribution >= 4 is 5.97 Å². The molecule has 0 aliphatic carbocycles. The normalized spacial score (nSPS) is 6.44. The van der Waals surface area contributed by atoms with Crippen molar-refractivity contribution in [2.75, 3.05) is 6.61 Å². The van der Waals surface area contributed by atoms with Crippen LogP contribution in [0.4, 0.5) is 0 Å². The summed E-state index contributed by atoms with van der Waals surface area (Å²) in [6.45, 7) is 5.55. The first kappa shape index (κ1) is 16.2. The van der Waals surface area contributed by atoms with E-state index in [-0.39, 0.29) is 44.3 Å². The standard InChI is InChI=1S/C5H9O2.ClH.Zn/c1-3-5(6)7-4-2;;/h1,3-4H2,2H3;1H;/p-1. The fraction of sp³-hybridized carbons (Fsp3) is 0.600. The molecule has 0 amide bonds. The Kier molecular flexibility index (Phi) is 20.2. The Bertz CT molecular complexity index is 68.0. The third kappa shape index (κ3) is 11.8. The van der Waals surface area contributed by atoms with Crippen molar-refractivity contribution < 1.29 is 41.4 Å². The topological polar surface area (TPSA) is 26.3 Å². The third-order valence-corrected chi connectivity index (χ3v) is 0.509. The Labute approximate surface area is 74.5 Å². The molecule has 0 aromatic carbocycles. The number of hydrogen-bond acceptors (Lipinski definition) is 2. The molecule has 0 aliphatic rings. The number of halogens is 1. The van der Waals surface area contributed by atoms with E-state index in [0.717, 1.165) is 0 Å². The van der Waals surface area contributed by atoms with Crippen LogP contribution in [0.5, 0.6) is 0 Å². The summed E-state index contributed by atoms with van der Waals surface area (Å²) in [7, 11) is 0. The fourth-order valence-electron chi connectivity index (χ4n) is 0.233. The summed E-state index contributed by atoms with van der Waals surface area (Å²) in [5.41, 5.74) is 0. The van der Waals surface area contributed by atoms with E-state index < -0.39 is 0 Å². The second kappa shape index (κ2) is 11.2. The van der Waals surface area contributed by atoms with Gasteiger partial charge in [0.25, 0.3) is 0 Å². The summed E-state index contributed by atoms with van der Waals surface area (Å²) in [6, 6.07) is 0. The van der Waals surface area contributed by atoms with Gasteiger partial charge in [0.1, 0.15) is 0 Å². The van der Waals surface area contributed by atoms with Crippen molar-refractivity contribution in [2.45, 2.75) is 13.3 Å². The molecule has 0 spiro atoms. The van der Waals surface area contributed by atoms with Gasteiger partial charge in [-0.05, 0) is 13.8 Å². The van der Waals surface area contributed by atoms with E-state index in [4.69, 9.17) is 0 Å². The first-order chi connectivity index (χ1) is 3.31. The minimum absolute atomic E-state index is 0. The average molecular weight is 202 g/mol. The number of carbonyl (C=O) groups excluding carboxylic acids is 1. The zero-order valence-corrected chi connectivity index (χ0v) is 9.25. The molecule has 0 aromatic heterocycles. The van der Waals surface area contributed by atoms with E-state index in [1.807, 2.05) is 0 Å². The van der Waals surface area contributed by atoms with Crippen LogP contribution in [0.2, 0.25) is 0 Å². The third-order valence-electron chi connectivity index (χ3n) is 0.509. The Balaban J connectivity index is -0.000000180. The Morgan fingerprint density at radius 2 is 2.11 bits per heavy atom. The molecule has 4 heteroatoms. The predicted octanol–water partition coefficient (Wildman–Crippen LogP) is -2.22.